The highest BCUT2D eigenvalue weighted by Crippen LogP contribution is 2.28. The summed E-state index contributed by atoms with van der Waals surface area (Å²) in [5, 5.41) is 0.324. The summed E-state index contributed by atoms with van der Waals surface area (Å²) in [6.45, 7) is 1.51. The van der Waals surface area contributed by atoms with Gasteiger partial charge in [0.2, 0.25) is 10.0 Å². The van der Waals surface area contributed by atoms with E-state index in [-0.39, 0.29) is 27.0 Å². The molecule has 0 aliphatic rings. The number of methoxy groups -OCH3 is 1. The maximum Gasteiger partial charge on any atom is 0.341 e. The number of carbonyl (C=O) groups excluding carboxylic acids is 1. The van der Waals surface area contributed by atoms with Crippen molar-refractivity contribution in [2.24, 2.45) is 0 Å². The van der Waals surface area contributed by atoms with Crippen molar-refractivity contribution in [2.45, 2.75) is 18.4 Å². The molecule has 0 N–H and O–H groups in total. The normalized spacial score (nSPS) is 11.8. The number of carbonyl (C=O) groups is 1. The molecule has 0 amide bonds. The molecule has 0 aliphatic heterocycles. The van der Waals surface area contributed by atoms with Crippen LogP contribution in [0, 0.1) is 6.92 Å². The number of sulfonamides is 1. The molecule has 0 aliphatic carbocycles. The van der Waals surface area contributed by atoms with Gasteiger partial charge in [0.25, 0.3) is 0 Å². The van der Waals surface area contributed by atoms with Gasteiger partial charge in [-0.15, -0.1) is 0 Å². The van der Waals surface area contributed by atoms with E-state index in [9.17, 15) is 13.2 Å². The van der Waals surface area contributed by atoms with Crippen LogP contribution >= 0.6 is 23.2 Å². The minimum absolute atomic E-state index is 0.0668. The van der Waals surface area contributed by atoms with Crippen LogP contribution in [-0.4, -0.2) is 32.8 Å². The van der Waals surface area contributed by atoms with E-state index >= 15 is 0 Å². The van der Waals surface area contributed by atoms with Crippen molar-refractivity contribution in [1.29, 1.82) is 0 Å². The van der Waals surface area contributed by atoms with E-state index in [4.69, 9.17) is 27.6 Å². The number of halogens is 2. The summed E-state index contributed by atoms with van der Waals surface area (Å²) >= 11 is 11.8. The van der Waals surface area contributed by atoms with E-state index in [0.29, 0.717) is 11.5 Å². The molecular formula is C15H15Cl2NO5S. The number of hydrogen-bond acceptors (Lipinski definition) is 5. The van der Waals surface area contributed by atoms with Gasteiger partial charge in [-0.2, -0.15) is 4.31 Å². The third-order valence-corrected chi connectivity index (χ3v) is 5.85. The fourth-order valence-electron chi connectivity index (χ4n) is 2.08. The van der Waals surface area contributed by atoms with Gasteiger partial charge in [-0.25, -0.2) is 13.2 Å². The number of esters is 1. The molecule has 9 heteroatoms. The Bertz CT molecular complexity index is 876. The second-order valence-electron chi connectivity index (χ2n) is 5.01. The summed E-state index contributed by atoms with van der Waals surface area (Å²) in [4.78, 5) is 11.5. The van der Waals surface area contributed by atoms with Crippen molar-refractivity contribution >= 4 is 39.2 Å². The molecule has 0 atom stereocenters. The van der Waals surface area contributed by atoms with E-state index < -0.39 is 16.0 Å². The van der Waals surface area contributed by atoms with Crippen LogP contribution in [0.2, 0.25) is 10.0 Å². The van der Waals surface area contributed by atoms with Gasteiger partial charge in [0, 0.05) is 12.1 Å². The fraction of sp³-hybridized carbons (Fsp3) is 0.267. The Morgan fingerprint density at radius 1 is 1.29 bits per heavy atom. The second-order valence-corrected chi connectivity index (χ2v) is 7.87. The highest BCUT2D eigenvalue weighted by Gasteiger charge is 2.26. The Balaban J connectivity index is 2.30. The van der Waals surface area contributed by atoms with Crippen LogP contribution < -0.4 is 0 Å². The summed E-state index contributed by atoms with van der Waals surface area (Å²) in [6.07, 6.45) is 0. The van der Waals surface area contributed by atoms with Crippen LogP contribution in [-0.2, 0) is 21.3 Å². The van der Waals surface area contributed by atoms with Crippen LogP contribution in [0.25, 0.3) is 0 Å². The first-order chi connectivity index (χ1) is 11.2. The smallest absolute Gasteiger partial charge is 0.341 e. The third-order valence-electron chi connectivity index (χ3n) is 3.33. The zero-order valence-electron chi connectivity index (χ0n) is 13.2. The molecule has 130 valence electrons. The zero-order valence-corrected chi connectivity index (χ0v) is 15.5. The number of aryl methyl sites for hydroxylation is 1. The van der Waals surface area contributed by atoms with Crippen molar-refractivity contribution in [3.05, 3.63) is 51.4 Å². The number of hydrogen-bond donors (Lipinski definition) is 0. The maximum atomic E-state index is 12.6. The Labute approximate surface area is 150 Å². The Morgan fingerprint density at radius 2 is 1.96 bits per heavy atom. The van der Waals surface area contributed by atoms with Gasteiger partial charge in [0.15, 0.2) is 0 Å². The monoisotopic (exact) mass is 391 g/mol. The number of nitrogens with zero attached hydrogens (tertiary/aromatic N) is 1. The first kappa shape index (κ1) is 18.8. The molecule has 0 bridgehead atoms. The summed E-state index contributed by atoms with van der Waals surface area (Å²) in [6, 6.07) is 5.65. The SMILES string of the molecule is COC(=O)c1cc(CN(C)S(=O)(=O)c2cc(Cl)ccc2Cl)oc1C. The molecule has 2 aromatic rings. The quantitative estimate of drug-likeness (QED) is 0.728. The van der Waals surface area contributed by atoms with Crippen molar-refractivity contribution in [3.8, 4) is 0 Å². The summed E-state index contributed by atoms with van der Waals surface area (Å²) in [5.41, 5.74) is 0.249. The molecule has 0 saturated heterocycles. The van der Waals surface area contributed by atoms with Gasteiger partial charge in [-0.3, -0.25) is 0 Å². The molecule has 0 spiro atoms. The van der Waals surface area contributed by atoms with Crippen molar-refractivity contribution < 1.29 is 22.4 Å². The van der Waals surface area contributed by atoms with Gasteiger partial charge in [-0.1, -0.05) is 23.2 Å². The van der Waals surface area contributed by atoms with Gasteiger partial charge >= 0.3 is 5.97 Å². The van der Waals surface area contributed by atoms with E-state index in [1.807, 2.05) is 0 Å². The van der Waals surface area contributed by atoms with Crippen molar-refractivity contribution in [1.82, 2.24) is 4.31 Å². The molecule has 0 radical (unpaired) electrons. The average molecular weight is 392 g/mol. The van der Waals surface area contributed by atoms with E-state index in [0.717, 1.165) is 4.31 Å². The van der Waals surface area contributed by atoms with Crippen molar-refractivity contribution in [2.75, 3.05) is 14.2 Å². The van der Waals surface area contributed by atoms with E-state index in [1.54, 1.807) is 6.92 Å². The largest absolute Gasteiger partial charge is 0.465 e. The average Bonchev–Trinajstić information content (AvgIpc) is 2.89. The molecule has 6 nitrogen and oxygen atoms in total. The third kappa shape index (κ3) is 3.75. The molecule has 1 aromatic heterocycles. The summed E-state index contributed by atoms with van der Waals surface area (Å²) in [7, 11) is -1.25. The molecule has 0 saturated carbocycles. The lowest BCUT2D eigenvalue weighted by molar-refractivity contribution is 0.0599. The predicted octanol–water partition coefficient (Wildman–Crippen LogP) is 3.50. The standard InChI is InChI=1S/C15H15Cl2NO5S/c1-9-12(15(19)22-3)7-11(23-9)8-18(2)24(20,21)14-6-10(16)4-5-13(14)17/h4-7H,8H2,1-3H3. The number of furan rings is 1. The van der Waals surface area contributed by atoms with E-state index in [1.165, 1.54) is 38.4 Å². The van der Waals surface area contributed by atoms with Gasteiger partial charge < -0.3 is 9.15 Å². The minimum atomic E-state index is -3.88. The highest BCUT2D eigenvalue weighted by molar-refractivity contribution is 7.89. The second kappa shape index (κ2) is 7.14. The lowest BCUT2D eigenvalue weighted by atomic mass is 10.2. The van der Waals surface area contributed by atoms with Gasteiger partial charge in [-0.05, 0) is 31.2 Å². The molecule has 0 fully saturated rings. The lowest BCUT2D eigenvalue weighted by Crippen LogP contribution is -2.26. The Kier molecular flexibility index (Phi) is 5.59. The Hall–Kier alpha value is -1.54. The number of rotatable bonds is 5. The van der Waals surface area contributed by atoms with Crippen LogP contribution in [0.1, 0.15) is 21.9 Å². The molecule has 0 unspecified atom stereocenters. The number of benzene rings is 1. The van der Waals surface area contributed by atoms with Crippen LogP contribution in [0.3, 0.4) is 0 Å². The van der Waals surface area contributed by atoms with Gasteiger partial charge in [0.1, 0.15) is 22.0 Å². The highest BCUT2D eigenvalue weighted by atomic mass is 35.5. The maximum absolute atomic E-state index is 12.6. The summed E-state index contributed by atoms with van der Waals surface area (Å²) < 4.78 is 36.4. The Morgan fingerprint density at radius 3 is 2.58 bits per heavy atom. The zero-order chi connectivity index (χ0) is 18.1. The summed E-state index contributed by atoms with van der Waals surface area (Å²) in [5.74, 6) is 0.103. The molecule has 2 rings (SSSR count). The molecule has 1 aromatic carbocycles. The van der Waals surface area contributed by atoms with Crippen LogP contribution in [0.15, 0.2) is 33.6 Å². The van der Waals surface area contributed by atoms with Crippen LogP contribution in [0.4, 0.5) is 0 Å². The van der Waals surface area contributed by atoms with Gasteiger partial charge in [0.05, 0.1) is 18.7 Å². The molecular weight excluding hydrogens is 377 g/mol. The van der Waals surface area contributed by atoms with E-state index in [2.05, 4.69) is 4.74 Å². The minimum Gasteiger partial charge on any atom is -0.465 e. The number of ether oxygens (including phenoxy) is 1. The molecule has 24 heavy (non-hydrogen) atoms. The predicted molar refractivity (Wildman–Crippen MR) is 89.9 cm³/mol. The molecule has 1 heterocycles. The lowest BCUT2D eigenvalue weighted by Gasteiger charge is -2.17. The fourth-order valence-corrected chi connectivity index (χ4v) is 3.95. The topological polar surface area (TPSA) is 76.8 Å². The first-order valence-electron chi connectivity index (χ1n) is 6.76. The van der Waals surface area contributed by atoms with Crippen molar-refractivity contribution in [3.63, 3.8) is 0 Å². The van der Waals surface area contributed by atoms with Crippen LogP contribution in [0.5, 0.6) is 0 Å². The first-order valence-corrected chi connectivity index (χ1v) is 8.95.